The predicted molar refractivity (Wildman–Crippen MR) is 82.7 cm³/mol. The highest BCUT2D eigenvalue weighted by Crippen LogP contribution is 2.20. The molecule has 118 valence electrons. The molecule has 1 rings (SSSR count). The van der Waals surface area contributed by atoms with Crippen molar-refractivity contribution in [3.63, 3.8) is 0 Å². The molecule has 1 unspecified atom stereocenters. The highest BCUT2D eigenvalue weighted by Gasteiger charge is 2.29. The van der Waals surface area contributed by atoms with Gasteiger partial charge in [-0.25, -0.2) is 0 Å². The Morgan fingerprint density at radius 1 is 1.25 bits per heavy atom. The van der Waals surface area contributed by atoms with E-state index in [0.717, 1.165) is 25.9 Å². The summed E-state index contributed by atoms with van der Waals surface area (Å²) in [6, 6.07) is -0.0949. The maximum atomic E-state index is 12.2. The first-order valence-electron chi connectivity index (χ1n) is 7.31. The number of amides is 2. The molecule has 0 radical (unpaired) electrons. The van der Waals surface area contributed by atoms with E-state index in [0.29, 0.717) is 19.5 Å². The molecule has 1 fully saturated rings. The molecule has 2 amide bonds. The Morgan fingerprint density at radius 2 is 1.75 bits per heavy atom. The number of carbonyl (C=O) groups is 2. The van der Waals surface area contributed by atoms with Crippen LogP contribution in [-0.4, -0.2) is 53.8 Å². The summed E-state index contributed by atoms with van der Waals surface area (Å²) in [5, 5.41) is 0. The number of carbonyl (C=O) groups excluding carboxylic acids is 2. The molecular formula is C14H28ClN3O2. The number of hydrogen-bond acceptors (Lipinski definition) is 3. The summed E-state index contributed by atoms with van der Waals surface area (Å²) in [6.07, 6.45) is 1.95. The fourth-order valence-electron chi connectivity index (χ4n) is 2.57. The Hall–Kier alpha value is -0.810. The third-order valence-corrected chi connectivity index (χ3v) is 3.77. The molecule has 0 bridgehead atoms. The van der Waals surface area contributed by atoms with Gasteiger partial charge in [-0.05, 0) is 33.6 Å². The van der Waals surface area contributed by atoms with Gasteiger partial charge in [0.15, 0.2) is 0 Å². The molecule has 0 aromatic carbocycles. The highest BCUT2D eigenvalue weighted by molar-refractivity contribution is 5.85. The van der Waals surface area contributed by atoms with E-state index in [4.69, 9.17) is 5.73 Å². The predicted octanol–water partition coefficient (Wildman–Crippen LogP) is 1.25. The van der Waals surface area contributed by atoms with E-state index in [1.165, 1.54) is 0 Å². The number of piperidine rings is 1. The van der Waals surface area contributed by atoms with E-state index in [9.17, 15) is 9.59 Å². The molecule has 5 nitrogen and oxygen atoms in total. The molecule has 2 N–H and O–H groups in total. The molecule has 0 aliphatic carbocycles. The molecule has 1 aliphatic rings. The lowest BCUT2D eigenvalue weighted by Crippen LogP contribution is -2.45. The SMILES string of the molecule is CCN(CC)C(=O)C1CCN(C(=O)CC(C)N)CC1.Cl. The molecule has 6 heteroatoms. The van der Waals surface area contributed by atoms with Crippen molar-refractivity contribution in [1.82, 2.24) is 9.80 Å². The molecule has 0 saturated carbocycles. The van der Waals surface area contributed by atoms with Crippen LogP contribution in [0.2, 0.25) is 0 Å². The number of halogens is 1. The van der Waals surface area contributed by atoms with E-state index in [-0.39, 0.29) is 36.2 Å². The minimum absolute atomic E-state index is 0. The third-order valence-electron chi connectivity index (χ3n) is 3.77. The van der Waals surface area contributed by atoms with Gasteiger partial charge in [-0.2, -0.15) is 0 Å². The fourth-order valence-corrected chi connectivity index (χ4v) is 2.57. The molecule has 0 aromatic rings. The summed E-state index contributed by atoms with van der Waals surface area (Å²) in [7, 11) is 0. The summed E-state index contributed by atoms with van der Waals surface area (Å²) in [5.41, 5.74) is 5.64. The minimum Gasteiger partial charge on any atom is -0.343 e. The lowest BCUT2D eigenvalue weighted by atomic mass is 9.95. The van der Waals surface area contributed by atoms with Crippen molar-refractivity contribution in [3.8, 4) is 0 Å². The van der Waals surface area contributed by atoms with Gasteiger partial charge in [0.25, 0.3) is 0 Å². The molecule has 0 aromatic heterocycles. The quantitative estimate of drug-likeness (QED) is 0.831. The summed E-state index contributed by atoms with van der Waals surface area (Å²) >= 11 is 0. The number of rotatable bonds is 5. The van der Waals surface area contributed by atoms with Gasteiger partial charge in [-0.3, -0.25) is 9.59 Å². The van der Waals surface area contributed by atoms with Gasteiger partial charge in [0.2, 0.25) is 11.8 Å². The second-order valence-electron chi connectivity index (χ2n) is 5.35. The van der Waals surface area contributed by atoms with Crippen LogP contribution in [0.15, 0.2) is 0 Å². The first-order valence-corrected chi connectivity index (χ1v) is 7.31. The van der Waals surface area contributed by atoms with Crippen LogP contribution in [0.5, 0.6) is 0 Å². The van der Waals surface area contributed by atoms with Crippen molar-refractivity contribution in [2.75, 3.05) is 26.2 Å². The molecular weight excluding hydrogens is 278 g/mol. The van der Waals surface area contributed by atoms with Crippen LogP contribution in [0.25, 0.3) is 0 Å². The zero-order valence-electron chi connectivity index (χ0n) is 12.8. The molecule has 1 atom stereocenters. The van der Waals surface area contributed by atoms with Crippen LogP contribution in [0, 0.1) is 5.92 Å². The Morgan fingerprint density at radius 3 is 2.15 bits per heavy atom. The smallest absolute Gasteiger partial charge is 0.225 e. The van der Waals surface area contributed by atoms with Gasteiger partial charge in [0, 0.05) is 44.6 Å². The normalized spacial score (nSPS) is 17.3. The maximum absolute atomic E-state index is 12.2. The Labute approximate surface area is 128 Å². The van der Waals surface area contributed by atoms with Crippen LogP contribution in [-0.2, 0) is 9.59 Å². The van der Waals surface area contributed by atoms with Gasteiger partial charge >= 0.3 is 0 Å². The summed E-state index contributed by atoms with van der Waals surface area (Å²) < 4.78 is 0. The Bertz CT molecular complexity index is 312. The van der Waals surface area contributed by atoms with Gasteiger partial charge in [-0.15, -0.1) is 12.4 Å². The average molecular weight is 306 g/mol. The van der Waals surface area contributed by atoms with Gasteiger partial charge in [-0.1, -0.05) is 0 Å². The molecule has 20 heavy (non-hydrogen) atoms. The van der Waals surface area contributed by atoms with Crippen LogP contribution in [0.1, 0.15) is 40.0 Å². The number of nitrogens with two attached hydrogens (primary N) is 1. The summed E-state index contributed by atoms with van der Waals surface area (Å²) in [5.74, 6) is 0.437. The van der Waals surface area contributed by atoms with Gasteiger partial charge in [0.1, 0.15) is 0 Å². The fraction of sp³-hybridized carbons (Fsp3) is 0.857. The first kappa shape index (κ1) is 19.2. The van der Waals surface area contributed by atoms with E-state index in [1.807, 2.05) is 30.6 Å². The third kappa shape index (κ3) is 5.29. The second kappa shape index (κ2) is 9.19. The molecule has 1 aliphatic heterocycles. The monoisotopic (exact) mass is 305 g/mol. The molecule has 1 saturated heterocycles. The van der Waals surface area contributed by atoms with Crippen molar-refractivity contribution >= 4 is 24.2 Å². The largest absolute Gasteiger partial charge is 0.343 e. The van der Waals surface area contributed by atoms with Crippen LogP contribution in [0.3, 0.4) is 0 Å². The lowest BCUT2D eigenvalue weighted by Gasteiger charge is -2.34. The van der Waals surface area contributed by atoms with Crippen LogP contribution in [0.4, 0.5) is 0 Å². The average Bonchev–Trinajstić information content (AvgIpc) is 2.39. The summed E-state index contributed by atoms with van der Waals surface area (Å²) in [4.78, 5) is 27.8. The van der Waals surface area contributed by atoms with Crippen molar-refractivity contribution in [2.24, 2.45) is 11.7 Å². The topological polar surface area (TPSA) is 66.6 Å². The molecule has 1 heterocycles. The van der Waals surface area contributed by atoms with Crippen molar-refractivity contribution in [3.05, 3.63) is 0 Å². The van der Waals surface area contributed by atoms with E-state index in [1.54, 1.807) is 0 Å². The van der Waals surface area contributed by atoms with Crippen molar-refractivity contribution < 1.29 is 9.59 Å². The van der Waals surface area contributed by atoms with Gasteiger partial charge < -0.3 is 15.5 Å². The van der Waals surface area contributed by atoms with Crippen molar-refractivity contribution in [2.45, 2.75) is 46.1 Å². The summed E-state index contributed by atoms with van der Waals surface area (Å²) in [6.45, 7) is 8.74. The Kier molecular flexibility index (Phi) is 8.81. The lowest BCUT2D eigenvalue weighted by molar-refractivity contribution is -0.140. The molecule has 0 spiro atoms. The van der Waals surface area contributed by atoms with Gasteiger partial charge in [0.05, 0.1) is 0 Å². The van der Waals surface area contributed by atoms with Crippen LogP contribution >= 0.6 is 12.4 Å². The zero-order chi connectivity index (χ0) is 14.4. The maximum Gasteiger partial charge on any atom is 0.225 e. The van der Waals surface area contributed by atoms with Crippen molar-refractivity contribution in [1.29, 1.82) is 0 Å². The zero-order valence-corrected chi connectivity index (χ0v) is 13.6. The van der Waals surface area contributed by atoms with Crippen LogP contribution < -0.4 is 5.73 Å². The van der Waals surface area contributed by atoms with E-state index in [2.05, 4.69) is 0 Å². The van der Waals surface area contributed by atoms with E-state index < -0.39 is 0 Å². The Balaban J connectivity index is 0.00000361. The standard InChI is InChI=1S/C14H27N3O2.ClH/c1-4-16(5-2)14(19)12-6-8-17(9-7-12)13(18)10-11(3)15;/h11-12H,4-10,15H2,1-3H3;1H. The number of hydrogen-bond donors (Lipinski definition) is 1. The first-order chi connectivity index (χ1) is 8.99. The number of likely N-dealkylation sites (tertiary alicyclic amines) is 1. The second-order valence-corrected chi connectivity index (χ2v) is 5.35. The highest BCUT2D eigenvalue weighted by atomic mass is 35.5. The number of nitrogens with zero attached hydrogens (tertiary/aromatic N) is 2. The minimum atomic E-state index is -0.0949. The van der Waals surface area contributed by atoms with E-state index >= 15 is 0 Å².